The number of para-hydroxylation sites is 1. The summed E-state index contributed by atoms with van der Waals surface area (Å²) in [5.41, 5.74) is 1.92. The minimum atomic E-state index is -2.71. The summed E-state index contributed by atoms with van der Waals surface area (Å²) in [6.07, 6.45) is 2.82. The monoisotopic (exact) mass is 389 g/mol. The van der Waals surface area contributed by atoms with Gasteiger partial charge in [0, 0.05) is 26.2 Å². The van der Waals surface area contributed by atoms with Crippen molar-refractivity contribution in [2.75, 3.05) is 45.9 Å². The minimum absolute atomic E-state index is 0.177. The average molecular weight is 389 g/mol. The number of hydrogen-bond acceptors (Lipinski definition) is 8. The number of hydroxylamine groups is 1. The highest BCUT2D eigenvalue weighted by Gasteiger charge is 2.16. The van der Waals surface area contributed by atoms with Crippen molar-refractivity contribution in [2.24, 2.45) is 0 Å². The molecule has 0 aromatic heterocycles. The molecule has 1 aliphatic rings. The fourth-order valence-corrected chi connectivity index (χ4v) is 2.84. The summed E-state index contributed by atoms with van der Waals surface area (Å²) in [4.78, 5) is 9.40. The maximum Gasteiger partial charge on any atom is 0.258 e. The Kier molecular flexibility index (Phi) is 16.3. The molecular weight excluding hydrogens is 357 g/mol. The lowest BCUT2D eigenvalue weighted by molar-refractivity contribution is -0.107. The predicted molar refractivity (Wildman–Crippen MR) is 103 cm³/mol. The van der Waals surface area contributed by atoms with E-state index in [-0.39, 0.29) is 13.0 Å². The van der Waals surface area contributed by atoms with Gasteiger partial charge in [-0.3, -0.25) is 9.88 Å². The van der Waals surface area contributed by atoms with Crippen LogP contribution in [0.25, 0.3) is 0 Å². The summed E-state index contributed by atoms with van der Waals surface area (Å²) < 4.78 is 22.2. The van der Waals surface area contributed by atoms with E-state index in [9.17, 15) is 9.36 Å². The first-order valence-electron chi connectivity index (χ1n) is 8.66. The molecule has 0 saturated carbocycles. The average Bonchev–Trinajstić information content (AvgIpc) is 2.65. The highest BCUT2D eigenvalue weighted by Crippen LogP contribution is 2.41. The number of aldehydes is 1. The van der Waals surface area contributed by atoms with Gasteiger partial charge in [0.2, 0.25) is 0 Å². The SMILES string of the molecule is C1COCCN1.CCCC=O.CP(=O)(CNCNO)Oc1ccccc1. The number of hydrogen-bond donors (Lipinski definition) is 4. The van der Waals surface area contributed by atoms with Crippen LogP contribution in [0.5, 0.6) is 5.75 Å². The van der Waals surface area contributed by atoms with E-state index in [1.165, 1.54) is 0 Å². The Morgan fingerprint density at radius 3 is 2.35 bits per heavy atom. The zero-order chi connectivity index (χ0) is 19.5. The second-order valence-electron chi connectivity index (χ2n) is 5.48. The molecule has 0 aliphatic carbocycles. The van der Waals surface area contributed by atoms with E-state index in [4.69, 9.17) is 14.5 Å². The van der Waals surface area contributed by atoms with Gasteiger partial charge in [-0.25, -0.2) is 0 Å². The van der Waals surface area contributed by atoms with Crippen LogP contribution in [0.2, 0.25) is 0 Å². The normalized spacial score (nSPS) is 15.3. The fourth-order valence-electron chi connectivity index (χ4n) is 1.69. The van der Waals surface area contributed by atoms with Crippen molar-refractivity contribution in [3.05, 3.63) is 30.3 Å². The quantitative estimate of drug-likeness (QED) is 0.176. The number of nitrogens with one attached hydrogen (secondary N) is 3. The number of morpholine rings is 1. The Hall–Kier alpha value is -1.28. The van der Waals surface area contributed by atoms with Crippen LogP contribution in [-0.2, 0) is 14.1 Å². The van der Waals surface area contributed by atoms with Gasteiger partial charge in [-0.1, -0.05) is 25.1 Å². The van der Waals surface area contributed by atoms with Gasteiger partial charge in [-0.2, -0.15) is 5.48 Å². The van der Waals surface area contributed by atoms with Crippen molar-refractivity contribution in [3.63, 3.8) is 0 Å². The number of rotatable bonds is 8. The van der Waals surface area contributed by atoms with Gasteiger partial charge < -0.3 is 24.6 Å². The zero-order valence-electron chi connectivity index (χ0n) is 15.6. The van der Waals surface area contributed by atoms with Crippen LogP contribution in [0.3, 0.4) is 0 Å². The summed E-state index contributed by atoms with van der Waals surface area (Å²) in [6, 6.07) is 9.00. The van der Waals surface area contributed by atoms with Crippen molar-refractivity contribution in [1.82, 2.24) is 16.1 Å². The Morgan fingerprint density at radius 1 is 1.31 bits per heavy atom. The molecule has 8 nitrogen and oxygen atoms in total. The number of carbonyl (C=O) groups excluding carboxylic acids is 1. The number of unbranched alkanes of at least 4 members (excludes halogenated alkanes) is 1. The van der Waals surface area contributed by atoms with Crippen molar-refractivity contribution >= 4 is 13.7 Å². The fraction of sp³-hybridized carbons (Fsp3) is 0.588. The first-order chi connectivity index (χ1) is 12.6. The maximum atomic E-state index is 11.9. The van der Waals surface area contributed by atoms with Gasteiger partial charge in [0.15, 0.2) is 0 Å². The van der Waals surface area contributed by atoms with Crippen LogP contribution in [-0.4, -0.2) is 57.4 Å². The highest BCUT2D eigenvalue weighted by molar-refractivity contribution is 7.58. The van der Waals surface area contributed by atoms with E-state index < -0.39 is 7.37 Å². The molecule has 0 amide bonds. The molecular formula is C17H32N3O5P. The van der Waals surface area contributed by atoms with Crippen LogP contribution in [0, 0.1) is 0 Å². The van der Waals surface area contributed by atoms with Crippen LogP contribution in [0.4, 0.5) is 0 Å². The van der Waals surface area contributed by atoms with Gasteiger partial charge in [-0.15, -0.1) is 0 Å². The van der Waals surface area contributed by atoms with Crippen LogP contribution in [0.1, 0.15) is 19.8 Å². The van der Waals surface area contributed by atoms with E-state index in [2.05, 4.69) is 10.6 Å². The molecule has 4 N–H and O–H groups in total. The summed E-state index contributed by atoms with van der Waals surface area (Å²) in [5.74, 6) is 0.585. The van der Waals surface area contributed by atoms with Gasteiger partial charge in [0.25, 0.3) is 7.37 Å². The molecule has 0 bridgehead atoms. The number of benzene rings is 1. The van der Waals surface area contributed by atoms with Gasteiger partial charge in [0.05, 0.1) is 26.2 Å². The maximum absolute atomic E-state index is 11.9. The van der Waals surface area contributed by atoms with Crippen LogP contribution in [0.15, 0.2) is 30.3 Å². The molecule has 0 radical (unpaired) electrons. The smallest absolute Gasteiger partial charge is 0.258 e. The highest BCUT2D eigenvalue weighted by atomic mass is 31.2. The van der Waals surface area contributed by atoms with Crippen LogP contribution < -0.4 is 20.6 Å². The third kappa shape index (κ3) is 16.2. The Morgan fingerprint density at radius 2 is 1.96 bits per heavy atom. The lowest BCUT2D eigenvalue weighted by Gasteiger charge is -2.15. The molecule has 26 heavy (non-hydrogen) atoms. The largest absolute Gasteiger partial charge is 0.442 e. The summed E-state index contributed by atoms with van der Waals surface area (Å²) in [6.45, 7) is 7.54. The van der Waals surface area contributed by atoms with Crippen molar-refractivity contribution in [2.45, 2.75) is 19.8 Å². The molecule has 1 unspecified atom stereocenters. The molecule has 150 valence electrons. The first kappa shape index (κ1) is 24.7. The third-order valence-electron chi connectivity index (χ3n) is 2.90. The Bertz CT molecular complexity index is 475. The Labute approximate surface area is 156 Å². The van der Waals surface area contributed by atoms with Crippen molar-refractivity contribution < 1.29 is 23.8 Å². The van der Waals surface area contributed by atoms with Crippen molar-refractivity contribution in [3.8, 4) is 5.75 Å². The molecule has 2 rings (SSSR count). The minimum Gasteiger partial charge on any atom is -0.442 e. The summed E-state index contributed by atoms with van der Waals surface area (Å²) in [5, 5.41) is 14.2. The van der Waals surface area contributed by atoms with Gasteiger partial charge >= 0.3 is 0 Å². The van der Waals surface area contributed by atoms with Crippen LogP contribution >= 0.6 is 7.37 Å². The standard InChI is InChI=1S/C9H15N2O3P.C4H9NO.C4H8O/c1-15(13,8-10-7-11-12)14-9-5-3-2-4-6-9;1-3-6-4-2-5-1;1-2-3-4-5/h2-6,10-12H,7-8H2,1H3;5H,1-4H2;4H,2-3H2,1H3. The molecule has 0 spiro atoms. The second-order valence-corrected chi connectivity index (χ2v) is 8.01. The topological polar surface area (TPSA) is 109 Å². The third-order valence-corrected chi connectivity index (χ3v) is 4.29. The summed E-state index contributed by atoms with van der Waals surface area (Å²) >= 11 is 0. The summed E-state index contributed by atoms with van der Waals surface area (Å²) in [7, 11) is -2.71. The lowest BCUT2D eigenvalue weighted by Crippen LogP contribution is -2.30. The molecule has 9 heteroatoms. The number of ether oxygens (including phenoxy) is 1. The lowest BCUT2D eigenvalue weighted by atomic mass is 10.3. The van der Waals surface area contributed by atoms with E-state index in [1.54, 1.807) is 18.8 Å². The molecule has 1 aliphatic heterocycles. The van der Waals surface area contributed by atoms with E-state index >= 15 is 0 Å². The molecule has 1 aromatic rings. The molecule has 1 aromatic carbocycles. The molecule has 1 atom stereocenters. The predicted octanol–water partition coefficient (Wildman–Crippen LogP) is 2.05. The van der Waals surface area contributed by atoms with E-state index in [0.29, 0.717) is 12.2 Å². The zero-order valence-corrected chi connectivity index (χ0v) is 16.5. The molecule has 1 fully saturated rings. The van der Waals surface area contributed by atoms with Crippen molar-refractivity contribution in [1.29, 1.82) is 0 Å². The first-order valence-corrected chi connectivity index (χ1v) is 10.9. The van der Waals surface area contributed by atoms with E-state index in [1.807, 2.05) is 30.6 Å². The Balaban J connectivity index is 0.000000464. The second kappa shape index (κ2) is 17.1. The molecule has 1 heterocycles. The van der Waals surface area contributed by atoms with E-state index in [0.717, 1.165) is 39.0 Å². The number of carbonyl (C=O) groups is 1. The van der Waals surface area contributed by atoms with Gasteiger partial charge in [0.1, 0.15) is 12.0 Å². The van der Waals surface area contributed by atoms with Gasteiger partial charge in [-0.05, 0) is 18.6 Å². The molecule has 1 saturated heterocycles.